The second kappa shape index (κ2) is 3.03. The highest BCUT2D eigenvalue weighted by Crippen LogP contribution is 2.23. The first-order valence-electron chi connectivity index (χ1n) is 3.71. The molecule has 0 aromatic heterocycles. The molecule has 2 atom stereocenters. The third kappa shape index (κ3) is 1.87. The Balaban J connectivity index is 2.55. The Morgan fingerprint density at radius 3 is 2.64 bits per heavy atom. The first-order valence-corrected chi connectivity index (χ1v) is 3.71. The smallest absolute Gasteiger partial charge is 0.268 e. The van der Waals surface area contributed by atoms with Crippen LogP contribution in [0.3, 0.4) is 0 Å². The van der Waals surface area contributed by atoms with Gasteiger partial charge in [-0.15, -0.1) is 0 Å². The van der Waals surface area contributed by atoms with E-state index in [2.05, 4.69) is 5.32 Å². The molecule has 1 aliphatic rings. The second-order valence-electron chi connectivity index (χ2n) is 3.17. The van der Waals surface area contributed by atoms with Gasteiger partial charge in [-0.05, 0) is 13.8 Å². The van der Waals surface area contributed by atoms with Crippen LogP contribution in [0.4, 0.5) is 8.78 Å². The second-order valence-corrected chi connectivity index (χ2v) is 3.17. The van der Waals surface area contributed by atoms with Crippen LogP contribution in [-0.2, 0) is 4.74 Å². The molecule has 1 N–H and O–H groups in total. The minimum Gasteiger partial charge on any atom is -0.364 e. The van der Waals surface area contributed by atoms with Crippen molar-refractivity contribution in [3.8, 4) is 0 Å². The maximum atomic E-state index is 12.3. The maximum Gasteiger partial charge on any atom is 0.268 e. The van der Waals surface area contributed by atoms with Crippen LogP contribution in [0.2, 0.25) is 0 Å². The van der Waals surface area contributed by atoms with E-state index < -0.39 is 12.0 Å². The summed E-state index contributed by atoms with van der Waals surface area (Å²) < 4.78 is 29.7. The lowest BCUT2D eigenvalue weighted by molar-refractivity contribution is -0.169. The lowest BCUT2D eigenvalue weighted by atomic mass is 10.1. The summed E-state index contributed by atoms with van der Waals surface area (Å²) in [6.07, 6.45) is -2.54. The molecule has 0 amide bonds. The fraction of sp³-hybridized carbons (Fsp3) is 1.00. The van der Waals surface area contributed by atoms with Crippen molar-refractivity contribution < 1.29 is 13.5 Å². The van der Waals surface area contributed by atoms with Gasteiger partial charge in [0.25, 0.3) is 6.43 Å². The van der Waals surface area contributed by atoms with Gasteiger partial charge in [-0.3, -0.25) is 0 Å². The van der Waals surface area contributed by atoms with Crippen LogP contribution in [0.25, 0.3) is 0 Å². The summed E-state index contributed by atoms with van der Waals surface area (Å²) >= 11 is 0. The molecule has 1 aliphatic heterocycles. The molecular formula is C7H13F2NO. The van der Waals surface area contributed by atoms with Crippen LogP contribution in [0.1, 0.15) is 13.8 Å². The summed E-state index contributed by atoms with van der Waals surface area (Å²) in [6.45, 7) is 4.10. The van der Waals surface area contributed by atoms with Crippen molar-refractivity contribution >= 4 is 0 Å². The van der Waals surface area contributed by atoms with E-state index >= 15 is 0 Å². The van der Waals surface area contributed by atoms with Crippen molar-refractivity contribution in [3.05, 3.63) is 0 Å². The molecule has 0 aromatic carbocycles. The molecular weight excluding hydrogens is 152 g/mol. The first kappa shape index (κ1) is 8.87. The first-order chi connectivity index (χ1) is 5.04. The van der Waals surface area contributed by atoms with Gasteiger partial charge in [0, 0.05) is 13.1 Å². The number of hydrogen-bond donors (Lipinski definition) is 1. The summed E-state index contributed by atoms with van der Waals surface area (Å²) in [6, 6.07) is 0. The highest BCUT2D eigenvalue weighted by atomic mass is 19.3. The molecule has 2 nitrogen and oxygen atoms in total. The van der Waals surface area contributed by atoms with Crippen LogP contribution in [0.15, 0.2) is 0 Å². The zero-order valence-corrected chi connectivity index (χ0v) is 6.73. The van der Waals surface area contributed by atoms with Gasteiger partial charge in [0.1, 0.15) is 5.60 Å². The van der Waals surface area contributed by atoms with Crippen LogP contribution in [0.5, 0.6) is 0 Å². The van der Waals surface area contributed by atoms with Crippen molar-refractivity contribution in [1.29, 1.82) is 0 Å². The molecule has 0 saturated carbocycles. The van der Waals surface area contributed by atoms with Crippen LogP contribution < -0.4 is 5.32 Å². The van der Waals surface area contributed by atoms with Gasteiger partial charge in [0.05, 0.1) is 6.10 Å². The molecule has 0 radical (unpaired) electrons. The fourth-order valence-electron chi connectivity index (χ4n) is 1.20. The number of halogens is 2. The van der Waals surface area contributed by atoms with Gasteiger partial charge >= 0.3 is 0 Å². The molecule has 1 fully saturated rings. The number of ether oxygens (including phenoxy) is 1. The highest BCUT2D eigenvalue weighted by molar-refractivity contribution is 4.86. The SMILES string of the molecule is C[C@@H]1CNC[C@](C)(C(F)F)O1. The number of nitrogens with one attached hydrogen (secondary N) is 1. The Bertz CT molecular complexity index is 142. The number of hydrogen-bond acceptors (Lipinski definition) is 2. The normalized spacial score (nSPS) is 39.5. The summed E-state index contributed by atoms with van der Waals surface area (Å²) in [7, 11) is 0. The minimum absolute atomic E-state index is 0.122. The Hall–Kier alpha value is -0.220. The molecule has 0 spiro atoms. The molecule has 1 rings (SSSR count). The van der Waals surface area contributed by atoms with E-state index in [0.717, 1.165) is 0 Å². The van der Waals surface area contributed by atoms with Crippen LogP contribution >= 0.6 is 0 Å². The van der Waals surface area contributed by atoms with E-state index in [4.69, 9.17) is 4.74 Å². The van der Waals surface area contributed by atoms with Crippen molar-refractivity contribution in [2.24, 2.45) is 0 Å². The van der Waals surface area contributed by atoms with Gasteiger partial charge in [-0.25, -0.2) is 8.78 Å². The summed E-state index contributed by atoms with van der Waals surface area (Å²) in [4.78, 5) is 0. The van der Waals surface area contributed by atoms with Gasteiger partial charge in [0.15, 0.2) is 0 Å². The average Bonchev–Trinajstić information content (AvgIpc) is 1.86. The maximum absolute atomic E-state index is 12.3. The number of morpholine rings is 1. The lowest BCUT2D eigenvalue weighted by Crippen LogP contribution is -2.55. The van der Waals surface area contributed by atoms with Gasteiger partial charge in [0.2, 0.25) is 0 Å². The largest absolute Gasteiger partial charge is 0.364 e. The Labute approximate surface area is 64.9 Å². The minimum atomic E-state index is -2.42. The molecule has 66 valence electrons. The molecule has 11 heavy (non-hydrogen) atoms. The Morgan fingerprint density at radius 1 is 1.64 bits per heavy atom. The molecule has 0 aliphatic carbocycles. The Kier molecular flexibility index (Phi) is 2.44. The van der Waals surface area contributed by atoms with E-state index in [1.807, 2.05) is 0 Å². The van der Waals surface area contributed by atoms with Crippen molar-refractivity contribution in [1.82, 2.24) is 5.32 Å². The fourth-order valence-corrected chi connectivity index (χ4v) is 1.20. The molecule has 1 saturated heterocycles. The van der Waals surface area contributed by atoms with Crippen LogP contribution in [-0.4, -0.2) is 31.2 Å². The summed E-state index contributed by atoms with van der Waals surface area (Å²) in [5, 5.41) is 2.90. The van der Waals surface area contributed by atoms with E-state index in [9.17, 15) is 8.78 Å². The topological polar surface area (TPSA) is 21.3 Å². The highest BCUT2D eigenvalue weighted by Gasteiger charge is 2.39. The number of rotatable bonds is 1. The van der Waals surface area contributed by atoms with E-state index in [1.54, 1.807) is 6.92 Å². The third-order valence-corrected chi connectivity index (χ3v) is 1.84. The third-order valence-electron chi connectivity index (χ3n) is 1.84. The average molecular weight is 165 g/mol. The van der Waals surface area contributed by atoms with Crippen molar-refractivity contribution in [3.63, 3.8) is 0 Å². The van der Waals surface area contributed by atoms with Crippen LogP contribution in [0, 0.1) is 0 Å². The molecule has 0 unspecified atom stereocenters. The van der Waals surface area contributed by atoms with E-state index in [0.29, 0.717) is 6.54 Å². The monoisotopic (exact) mass is 165 g/mol. The zero-order valence-electron chi connectivity index (χ0n) is 6.73. The summed E-state index contributed by atoms with van der Waals surface area (Å²) in [5.41, 5.74) is -1.29. The number of alkyl halides is 2. The van der Waals surface area contributed by atoms with Crippen molar-refractivity contribution in [2.45, 2.75) is 32.0 Å². The quantitative estimate of drug-likeness (QED) is 0.626. The molecule has 0 bridgehead atoms. The van der Waals surface area contributed by atoms with E-state index in [-0.39, 0.29) is 12.6 Å². The van der Waals surface area contributed by atoms with Crippen molar-refractivity contribution in [2.75, 3.05) is 13.1 Å². The van der Waals surface area contributed by atoms with E-state index in [1.165, 1.54) is 6.92 Å². The molecule has 1 heterocycles. The summed E-state index contributed by atoms with van der Waals surface area (Å²) in [5.74, 6) is 0. The van der Waals surface area contributed by atoms with Gasteiger partial charge < -0.3 is 10.1 Å². The van der Waals surface area contributed by atoms with Gasteiger partial charge in [-0.1, -0.05) is 0 Å². The van der Waals surface area contributed by atoms with Gasteiger partial charge in [-0.2, -0.15) is 0 Å². The molecule has 4 heteroatoms. The predicted octanol–water partition coefficient (Wildman–Crippen LogP) is 1.02. The zero-order chi connectivity index (χ0) is 8.48. The lowest BCUT2D eigenvalue weighted by Gasteiger charge is -2.37. The standard InChI is InChI=1S/C7H13F2NO/c1-5-3-10-4-7(2,11-5)6(8)9/h5-6,10H,3-4H2,1-2H3/t5-,7-/m1/s1. The predicted molar refractivity (Wildman–Crippen MR) is 37.8 cm³/mol. The Morgan fingerprint density at radius 2 is 2.27 bits per heavy atom. The molecule has 0 aromatic rings.